The topological polar surface area (TPSA) is 67.4 Å². The Kier molecular flexibility index (Phi) is 6.50. The van der Waals surface area contributed by atoms with Crippen LogP contribution in [0.4, 0.5) is 11.6 Å². The summed E-state index contributed by atoms with van der Waals surface area (Å²) in [6.45, 7) is 3.91. The van der Waals surface area contributed by atoms with Crippen molar-refractivity contribution >= 4 is 17.5 Å². The predicted molar refractivity (Wildman–Crippen MR) is 90.0 cm³/mol. The lowest BCUT2D eigenvalue weighted by Gasteiger charge is -2.21. The molecular formula is C17H22N4O2. The van der Waals surface area contributed by atoms with Crippen LogP contribution < -0.4 is 10.2 Å². The molecule has 0 saturated carbocycles. The summed E-state index contributed by atoms with van der Waals surface area (Å²) in [6.07, 6.45) is 2.38. The summed E-state index contributed by atoms with van der Waals surface area (Å²) in [7, 11) is 1.64. The number of para-hydroxylation sites is 1. The molecule has 0 bridgehead atoms. The third-order valence-corrected chi connectivity index (χ3v) is 3.31. The van der Waals surface area contributed by atoms with Crippen LogP contribution in [0.1, 0.15) is 23.8 Å². The number of methoxy groups -OCH3 is 1. The summed E-state index contributed by atoms with van der Waals surface area (Å²) in [5, 5.41) is 2.83. The lowest BCUT2D eigenvalue weighted by atomic mass is 10.3. The molecule has 2 aromatic rings. The van der Waals surface area contributed by atoms with Crippen molar-refractivity contribution in [2.24, 2.45) is 0 Å². The van der Waals surface area contributed by atoms with Gasteiger partial charge in [-0.15, -0.1) is 0 Å². The van der Waals surface area contributed by atoms with Crippen LogP contribution in [0.15, 0.2) is 42.6 Å². The van der Waals surface area contributed by atoms with Gasteiger partial charge in [0, 0.05) is 38.7 Å². The van der Waals surface area contributed by atoms with Crippen molar-refractivity contribution in [3.63, 3.8) is 0 Å². The maximum absolute atomic E-state index is 12.1. The maximum atomic E-state index is 12.1. The van der Waals surface area contributed by atoms with Gasteiger partial charge in [0.1, 0.15) is 5.69 Å². The average molecular weight is 314 g/mol. The zero-order chi connectivity index (χ0) is 16.5. The van der Waals surface area contributed by atoms with E-state index < -0.39 is 0 Å². The van der Waals surface area contributed by atoms with Crippen LogP contribution >= 0.6 is 0 Å². The van der Waals surface area contributed by atoms with Crippen LogP contribution in [0, 0.1) is 0 Å². The molecule has 0 spiro atoms. The molecule has 0 unspecified atom stereocenters. The first kappa shape index (κ1) is 16.9. The fraction of sp³-hybridized carbons (Fsp3) is 0.353. The van der Waals surface area contributed by atoms with E-state index in [0.29, 0.717) is 31.3 Å². The highest BCUT2D eigenvalue weighted by Gasteiger charge is 2.13. The third kappa shape index (κ3) is 4.75. The minimum absolute atomic E-state index is 0.200. The molecule has 0 aliphatic rings. The molecule has 0 aliphatic heterocycles. The van der Waals surface area contributed by atoms with Crippen molar-refractivity contribution in [3.8, 4) is 0 Å². The minimum atomic E-state index is -0.200. The SMILES string of the molecule is CCN(c1ccccc1)c1nccc(C(=O)NCCCOC)n1. The largest absolute Gasteiger partial charge is 0.385 e. The number of rotatable bonds is 8. The van der Waals surface area contributed by atoms with Gasteiger partial charge in [0.25, 0.3) is 5.91 Å². The Morgan fingerprint density at radius 2 is 2.04 bits per heavy atom. The highest BCUT2D eigenvalue weighted by atomic mass is 16.5. The molecule has 23 heavy (non-hydrogen) atoms. The van der Waals surface area contributed by atoms with Crippen molar-refractivity contribution in [1.82, 2.24) is 15.3 Å². The molecule has 2 rings (SSSR count). The number of hydrogen-bond donors (Lipinski definition) is 1. The number of carbonyl (C=O) groups excluding carboxylic acids is 1. The number of nitrogens with zero attached hydrogens (tertiary/aromatic N) is 3. The van der Waals surface area contributed by atoms with Crippen LogP contribution in [0.3, 0.4) is 0 Å². The van der Waals surface area contributed by atoms with E-state index in [-0.39, 0.29) is 5.91 Å². The standard InChI is InChI=1S/C17H22N4O2/c1-3-21(14-8-5-4-6-9-14)17-19-12-10-15(20-17)16(22)18-11-7-13-23-2/h4-6,8-10,12H,3,7,11,13H2,1-2H3,(H,18,22). The smallest absolute Gasteiger partial charge is 0.270 e. The van der Waals surface area contributed by atoms with E-state index in [1.807, 2.05) is 42.2 Å². The highest BCUT2D eigenvalue weighted by Crippen LogP contribution is 2.20. The number of carbonyl (C=O) groups is 1. The zero-order valence-corrected chi connectivity index (χ0v) is 13.5. The molecule has 122 valence electrons. The molecule has 6 heteroatoms. The Morgan fingerprint density at radius 3 is 2.74 bits per heavy atom. The minimum Gasteiger partial charge on any atom is -0.385 e. The monoisotopic (exact) mass is 314 g/mol. The van der Waals surface area contributed by atoms with Gasteiger partial charge in [-0.3, -0.25) is 4.79 Å². The Hall–Kier alpha value is -2.47. The van der Waals surface area contributed by atoms with Gasteiger partial charge in [0.2, 0.25) is 5.95 Å². The normalized spacial score (nSPS) is 10.3. The second kappa shape index (κ2) is 8.85. The second-order valence-corrected chi connectivity index (χ2v) is 4.92. The quantitative estimate of drug-likeness (QED) is 0.758. The fourth-order valence-corrected chi connectivity index (χ4v) is 2.16. The average Bonchev–Trinajstić information content (AvgIpc) is 2.60. The van der Waals surface area contributed by atoms with Gasteiger partial charge in [-0.05, 0) is 31.5 Å². The summed E-state index contributed by atoms with van der Waals surface area (Å²) in [5.41, 5.74) is 1.36. The van der Waals surface area contributed by atoms with Gasteiger partial charge in [-0.2, -0.15) is 0 Å². The van der Waals surface area contributed by atoms with Crippen LogP contribution in [0.25, 0.3) is 0 Å². The van der Waals surface area contributed by atoms with Crippen LogP contribution in [0.2, 0.25) is 0 Å². The first-order valence-electron chi connectivity index (χ1n) is 7.69. The number of anilines is 2. The van der Waals surface area contributed by atoms with Gasteiger partial charge < -0.3 is 15.0 Å². The van der Waals surface area contributed by atoms with Crippen molar-refractivity contribution in [3.05, 3.63) is 48.3 Å². The summed E-state index contributed by atoms with van der Waals surface area (Å²) < 4.78 is 4.96. The van der Waals surface area contributed by atoms with Gasteiger partial charge in [0.05, 0.1) is 0 Å². The van der Waals surface area contributed by atoms with Gasteiger partial charge in [0.15, 0.2) is 0 Å². The Morgan fingerprint density at radius 1 is 1.26 bits per heavy atom. The lowest BCUT2D eigenvalue weighted by molar-refractivity contribution is 0.0943. The number of aromatic nitrogens is 2. The predicted octanol–water partition coefficient (Wildman–Crippen LogP) is 2.40. The molecule has 0 saturated heterocycles. The fourth-order valence-electron chi connectivity index (χ4n) is 2.16. The highest BCUT2D eigenvalue weighted by molar-refractivity contribution is 5.92. The number of amides is 1. The Labute approximate surface area is 136 Å². The zero-order valence-electron chi connectivity index (χ0n) is 13.5. The molecule has 1 aromatic carbocycles. The van der Waals surface area contributed by atoms with E-state index in [4.69, 9.17) is 4.74 Å². The second-order valence-electron chi connectivity index (χ2n) is 4.92. The number of nitrogens with one attached hydrogen (secondary N) is 1. The summed E-state index contributed by atoms with van der Waals surface area (Å²) in [6, 6.07) is 11.5. The summed E-state index contributed by atoms with van der Waals surface area (Å²) >= 11 is 0. The maximum Gasteiger partial charge on any atom is 0.270 e. The number of ether oxygens (including phenoxy) is 1. The Bertz CT molecular complexity index is 619. The van der Waals surface area contributed by atoms with Crippen LogP contribution in [-0.4, -0.2) is 42.7 Å². The van der Waals surface area contributed by atoms with Crippen molar-refractivity contribution in [1.29, 1.82) is 0 Å². The number of benzene rings is 1. The molecule has 0 atom stereocenters. The van der Waals surface area contributed by atoms with Gasteiger partial charge in [-0.1, -0.05) is 18.2 Å². The van der Waals surface area contributed by atoms with Crippen molar-refractivity contribution < 1.29 is 9.53 Å². The first-order valence-corrected chi connectivity index (χ1v) is 7.69. The molecule has 1 N–H and O–H groups in total. The molecule has 1 heterocycles. The van der Waals surface area contributed by atoms with E-state index >= 15 is 0 Å². The lowest BCUT2D eigenvalue weighted by Crippen LogP contribution is -2.27. The van der Waals surface area contributed by atoms with E-state index in [2.05, 4.69) is 15.3 Å². The van der Waals surface area contributed by atoms with Crippen molar-refractivity contribution in [2.45, 2.75) is 13.3 Å². The third-order valence-electron chi connectivity index (χ3n) is 3.31. The number of hydrogen-bond acceptors (Lipinski definition) is 5. The molecule has 1 amide bonds. The van der Waals surface area contributed by atoms with E-state index in [9.17, 15) is 4.79 Å². The van der Waals surface area contributed by atoms with Crippen LogP contribution in [0.5, 0.6) is 0 Å². The summed E-state index contributed by atoms with van der Waals surface area (Å²) in [4.78, 5) is 22.8. The molecular weight excluding hydrogens is 292 g/mol. The first-order chi connectivity index (χ1) is 11.3. The van der Waals surface area contributed by atoms with Crippen molar-refractivity contribution in [2.75, 3.05) is 31.7 Å². The molecule has 0 radical (unpaired) electrons. The molecule has 6 nitrogen and oxygen atoms in total. The van der Waals surface area contributed by atoms with Crippen LogP contribution in [-0.2, 0) is 4.74 Å². The van der Waals surface area contributed by atoms with Gasteiger partial charge in [-0.25, -0.2) is 9.97 Å². The Balaban J connectivity index is 2.10. The molecule has 1 aromatic heterocycles. The molecule has 0 fully saturated rings. The van der Waals surface area contributed by atoms with E-state index in [1.165, 1.54) is 0 Å². The van der Waals surface area contributed by atoms with E-state index in [1.54, 1.807) is 19.4 Å². The summed E-state index contributed by atoms with van der Waals surface area (Å²) in [5.74, 6) is 0.317. The van der Waals surface area contributed by atoms with Gasteiger partial charge >= 0.3 is 0 Å². The van der Waals surface area contributed by atoms with E-state index in [0.717, 1.165) is 12.1 Å². The molecule has 0 aliphatic carbocycles.